The van der Waals surface area contributed by atoms with Crippen LogP contribution >= 0.6 is 11.6 Å². The number of para-hydroxylation sites is 1. The molecule has 0 radical (unpaired) electrons. The number of carbonyl (C=O) groups is 1. The summed E-state index contributed by atoms with van der Waals surface area (Å²) in [5, 5.41) is 7.55. The molecule has 0 bridgehead atoms. The van der Waals surface area contributed by atoms with E-state index in [0.717, 1.165) is 48.5 Å². The molecule has 11 heteroatoms. The molecule has 1 saturated carbocycles. The smallest absolute Gasteiger partial charge is 0.450 e. The number of carbonyl (C=O) groups excluding carboxylic acids is 1. The number of nitrogens with one attached hydrogen (secondary N) is 2. The van der Waals surface area contributed by atoms with Gasteiger partial charge in [-0.05, 0) is 74.1 Å². The quantitative estimate of drug-likeness (QED) is 0.248. The maximum Gasteiger partial charge on any atom is 0.450 e. The lowest BCUT2D eigenvalue weighted by atomic mass is 9.86. The molecule has 2 aromatic carbocycles. The number of furan rings is 1. The molecule has 1 aliphatic carbocycles. The third-order valence-electron chi connectivity index (χ3n) is 7.10. The second-order valence-electron chi connectivity index (χ2n) is 10.2. The summed E-state index contributed by atoms with van der Waals surface area (Å²) < 4.78 is 46.1. The van der Waals surface area contributed by atoms with Gasteiger partial charge in [0.05, 0.1) is 11.1 Å². The zero-order chi connectivity index (χ0) is 28.4. The van der Waals surface area contributed by atoms with Gasteiger partial charge in [-0.1, -0.05) is 23.7 Å². The molecule has 1 amide bonds. The molecule has 4 aromatic rings. The second kappa shape index (κ2) is 11.4. The summed E-state index contributed by atoms with van der Waals surface area (Å²) in [6.45, 7) is 0.279. The third-order valence-corrected chi connectivity index (χ3v) is 7.35. The molecule has 0 unspecified atom stereocenters. The number of anilines is 2. The third kappa shape index (κ3) is 6.17. The van der Waals surface area contributed by atoms with Crippen molar-refractivity contribution in [3.8, 4) is 11.3 Å². The maximum atomic E-state index is 13.7. The molecule has 1 aliphatic rings. The van der Waals surface area contributed by atoms with E-state index in [1.54, 1.807) is 24.3 Å². The first kappa shape index (κ1) is 27.8. The Morgan fingerprint density at radius 3 is 2.42 bits per heavy atom. The number of nitrogens with zero attached hydrogens (tertiary/aromatic N) is 3. The molecular formula is C29H29ClF3N5O2. The van der Waals surface area contributed by atoms with Crippen LogP contribution in [0.4, 0.5) is 24.9 Å². The first-order chi connectivity index (χ1) is 19.1. The van der Waals surface area contributed by atoms with Gasteiger partial charge in [-0.25, -0.2) is 4.98 Å². The van der Waals surface area contributed by atoms with E-state index >= 15 is 0 Å². The van der Waals surface area contributed by atoms with Gasteiger partial charge < -0.3 is 20.0 Å². The lowest BCUT2D eigenvalue weighted by Gasteiger charge is -2.29. The molecule has 0 saturated heterocycles. The minimum atomic E-state index is -4.81. The largest absolute Gasteiger partial charge is 0.451 e. The monoisotopic (exact) mass is 571 g/mol. The Morgan fingerprint density at radius 2 is 1.75 bits per heavy atom. The molecule has 210 valence electrons. The van der Waals surface area contributed by atoms with Crippen LogP contribution in [-0.4, -0.2) is 42.6 Å². The van der Waals surface area contributed by atoms with Gasteiger partial charge in [-0.3, -0.25) is 4.79 Å². The molecule has 2 heterocycles. The van der Waals surface area contributed by atoms with Crippen molar-refractivity contribution in [1.29, 1.82) is 0 Å². The van der Waals surface area contributed by atoms with Crippen molar-refractivity contribution in [2.75, 3.05) is 30.9 Å². The number of fused-ring (bicyclic) bond motifs is 1. The number of hydrogen-bond donors (Lipinski definition) is 2. The summed E-state index contributed by atoms with van der Waals surface area (Å²) in [5.41, 5.74) is 0.725. The van der Waals surface area contributed by atoms with Gasteiger partial charge >= 0.3 is 6.18 Å². The molecule has 7 nitrogen and oxygen atoms in total. The molecule has 0 aliphatic heterocycles. The first-order valence-electron chi connectivity index (χ1n) is 13.0. The zero-order valence-corrected chi connectivity index (χ0v) is 22.8. The molecule has 0 spiro atoms. The van der Waals surface area contributed by atoms with Gasteiger partial charge in [0.2, 0.25) is 11.7 Å². The van der Waals surface area contributed by atoms with Gasteiger partial charge in [0.1, 0.15) is 11.6 Å². The van der Waals surface area contributed by atoms with Crippen molar-refractivity contribution in [3.05, 3.63) is 70.9 Å². The van der Waals surface area contributed by atoms with Crippen molar-refractivity contribution in [3.63, 3.8) is 0 Å². The van der Waals surface area contributed by atoms with E-state index in [-0.39, 0.29) is 24.3 Å². The van der Waals surface area contributed by atoms with E-state index in [2.05, 4.69) is 15.6 Å². The summed E-state index contributed by atoms with van der Waals surface area (Å²) >= 11 is 5.88. The van der Waals surface area contributed by atoms with Crippen LogP contribution in [0.5, 0.6) is 0 Å². The van der Waals surface area contributed by atoms with Crippen molar-refractivity contribution < 1.29 is 22.4 Å². The predicted octanol–water partition coefficient (Wildman–Crippen LogP) is 7.03. The van der Waals surface area contributed by atoms with E-state index in [1.807, 2.05) is 43.3 Å². The van der Waals surface area contributed by atoms with E-state index in [4.69, 9.17) is 21.0 Å². The summed E-state index contributed by atoms with van der Waals surface area (Å²) in [4.78, 5) is 24.2. The molecule has 0 atom stereocenters. The van der Waals surface area contributed by atoms with Crippen molar-refractivity contribution in [2.45, 2.75) is 37.9 Å². The Balaban J connectivity index is 1.20. The highest BCUT2D eigenvalue weighted by molar-refractivity contribution is 6.30. The Kier molecular flexibility index (Phi) is 7.89. The minimum absolute atomic E-state index is 0.0472. The highest BCUT2D eigenvalue weighted by Crippen LogP contribution is 2.37. The lowest BCUT2D eigenvalue weighted by molar-refractivity contribution is -0.153. The maximum absolute atomic E-state index is 13.7. The molecule has 2 aromatic heterocycles. The van der Waals surface area contributed by atoms with Crippen molar-refractivity contribution in [1.82, 2.24) is 15.3 Å². The standard InChI is InChI=1S/C29H29ClF3N5O2/c1-38(2)26-21-5-3-4-6-23(21)36-28(37-26)35-20-13-7-17(8-14-20)16-34-27(39)22-15-24(40-25(22)29(31,32)33)18-9-11-19(30)12-10-18/h3-6,9-12,15,17,20H,7-8,13-14,16H2,1-2H3,(H,34,39)(H,35,36,37)/t17-,20+. The van der Waals surface area contributed by atoms with Crippen LogP contribution in [0.2, 0.25) is 5.02 Å². The van der Waals surface area contributed by atoms with Gasteiger partial charge in [0, 0.05) is 42.7 Å². The summed E-state index contributed by atoms with van der Waals surface area (Å²) in [6, 6.07) is 15.3. The highest BCUT2D eigenvalue weighted by Gasteiger charge is 2.40. The molecule has 40 heavy (non-hydrogen) atoms. The van der Waals surface area contributed by atoms with Gasteiger partial charge in [0.25, 0.3) is 5.91 Å². The number of benzene rings is 2. The minimum Gasteiger partial charge on any atom is -0.451 e. The average Bonchev–Trinajstić information content (AvgIpc) is 3.39. The molecule has 1 fully saturated rings. The Bertz CT molecular complexity index is 1500. The van der Waals surface area contributed by atoms with Crippen LogP contribution in [0.25, 0.3) is 22.2 Å². The predicted molar refractivity (Wildman–Crippen MR) is 150 cm³/mol. The SMILES string of the molecule is CN(C)c1nc(N[C@H]2CC[C@@H](CNC(=O)c3cc(-c4ccc(Cl)cc4)oc3C(F)(F)F)CC2)nc2ccccc12. The van der Waals surface area contributed by atoms with Gasteiger partial charge in [0.15, 0.2) is 0 Å². The van der Waals surface area contributed by atoms with Gasteiger partial charge in [-0.15, -0.1) is 0 Å². The normalized spacial score (nSPS) is 17.6. The number of rotatable bonds is 7. The topological polar surface area (TPSA) is 83.3 Å². The average molecular weight is 572 g/mol. The molecule has 2 N–H and O–H groups in total. The van der Waals surface area contributed by atoms with Crippen LogP contribution < -0.4 is 15.5 Å². The second-order valence-corrected chi connectivity index (χ2v) is 10.6. The number of hydrogen-bond acceptors (Lipinski definition) is 6. The summed E-state index contributed by atoms with van der Waals surface area (Å²) in [6.07, 6.45) is -1.54. The fourth-order valence-electron chi connectivity index (χ4n) is 5.02. The first-order valence-corrected chi connectivity index (χ1v) is 13.4. The van der Waals surface area contributed by atoms with E-state index in [9.17, 15) is 18.0 Å². The number of amides is 1. The van der Waals surface area contributed by atoms with Crippen LogP contribution in [0, 0.1) is 5.92 Å². The number of aromatic nitrogens is 2. The number of halogens is 4. The summed E-state index contributed by atoms with van der Waals surface area (Å²) in [5.74, 6) is -0.619. The molecule has 5 rings (SSSR count). The Hall–Kier alpha value is -3.79. The Labute approximate surface area is 234 Å². The fraction of sp³-hybridized carbons (Fsp3) is 0.345. The van der Waals surface area contributed by atoms with Crippen LogP contribution in [0.3, 0.4) is 0 Å². The van der Waals surface area contributed by atoms with Crippen molar-refractivity contribution >= 4 is 40.2 Å². The van der Waals surface area contributed by atoms with Crippen LogP contribution in [0.15, 0.2) is 59.0 Å². The highest BCUT2D eigenvalue weighted by atomic mass is 35.5. The van der Waals surface area contributed by atoms with E-state index in [1.165, 1.54) is 0 Å². The van der Waals surface area contributed by atoms with Crippen LogP contribution in [0.1, 0.15) is 41.8 Å². The molecular weight excluding hydrogens is 543 g/mol. The fourth-order valence-corrected chi connectivity index (χ4v) is 5.14. The zero-order valence-electron chi connectivity index (χ0n) is 22.1. The van der Waals surface area contributed by atoms with Crippen LogP contribution in [-0.2, 0) is 6.18 Å². The summed E-state index contributed by atoms with van der Waals surface area (Å²) in [7, 11) is 3.88. The van der Waals surface area contributed by atoms with Gasteiger partial charge in [-0.2, -0.15) is 18.2 Å². The van der Waals surface area contributed by atoms with Crippen molar-refractivity contribution in [2.24, 2.45) is 5.92 Å². The lowest BCUT2D eigenvalue weighted by Crippen LogP contribution is -2.34. The van der Waals surface area contributed by atoms with E-state index < -0.39 is 23.4 Å². The number of alkyl halides is 3. The van der Waals surface area contributed by atoms with E-state index in [0.29, 0.717) is 16.5 Å². The Morgan fingerprint density at radius 1 is 1.05 bits per heavy atom.